The number of aliphatic hydroxyl groups excluding tert-OH is 1. The number of thiazole rings is 1. The second-order valence-corrected chi connectivity index (χ2v) is 3.70. The van der Waals surface area contributed by atoms with E-state index in [1.165, 1.54) is 17.4 Å². The molecule has 1 aromatic heterocycles. The molecule has 0 unspecified atom stereocenters. The van der Waals surface area contributed by atoms with E-state index in [0.29, 0.717) is 0 Å². The van der Waals surface area contributed by atoms with E-state index in [1.807, 2.05) is 12.3 Å². The summed E-state index contributed by atoms with van der Waals surface area (Å²) in [4.78, 5) is 15.2. The quantitative estimate of drug-likeness (QED) is 0.717. The average molecular weight is 212 g/mol. The van der Waals surface area contributed by atoms with Gasteiger partial charge in [0.1, 0.15) is 0 Å². The van der Waals surface area contributed by atoms with Crippen LogP contribution in [-0.2, 0) is 4.79 Å². The summed E-state index contributed by atoms with van der Waals surface area (Å²) >= 11 is 1.54. The van der Waals surface area contributed by atoms with Gasteiger partial charge in [0.05, 0.1) is 17.3 Å². The van der Waals surface area contributed by atoms with Gasteiger partial charge in [-0.25, -0.2) is 4.98 Å². The van der Waals surface area contributed by atoms with Gasteiger partial charge in [-0.1, -0.05) is 0 Å². The van der Waals surface area contributed by atoms with E-state index in [4.69, 9.17) is 5.11 Å². The van der Waals surface area contributed by atoms with Crippen molar-refractivity contribution in [2.75, 3.05) is 13.2 Å². The smallest absolute Gasteiger partial charge is 0.244 e. The number of carbonyl (C=O) groups is 1. The molecule has 0 aliphatic carbocycles. The van der Waals surface area contributed by atoms with Gasteiger partial charge in [-0.2, -0.15) is 0 Å². The number of aryl methyl sites for hydroxylation is 1. The van der Waals surface area contributed by atoms with Crippen LogP contribution in [0.2, 0.25) is 0 Å². The van der Waals surface area contributed by atoms with Crippen molar-refractivity contribution in [2.24, 2.45) is 0 Å². The number of amides is 1. The molecule has 0 atom stereocenters. The zero-order valence-corrected chi connectivity index (χ0v) is 8.67. The van der Waals surface area contributed by atoms with Crippen molar-refractivity contribution in [2.45, 2.75) is 6.92 Å². The number of nitrogens with zero attached hydrogens (tertiary/aromatic N) is 1. The summed E-state index contributed by atoms with van der Waals surface area (Å²) in [7, 11) is 0. The van der Waals surface area contributed by atoms with Crippen LogP contribution in [0.5, 0.6) is 0 Å². The largest absolute Gasteiger partial charge is 0.395 e. The molecule has 1 rings (SSSR count). The van der Waals surface area contributed by atoms with Crippen molar-refractivity contribution in [3.8, 4) is 0 Å². The molecule has 5 heteroatoms. The summed E-state index contributed by atoms with van der Waals surface area (Å²) in [6.45, 7) is 2.14. The minimum atomic E-state index is -0.218. The van der Waals surface area contributed by atoms with Crippen molar-refractivity contribution >= 4 is 23.3 Å². The van der Waals surface area contributed by atoms with Gasteiger partial charge in [0.25, 0.3) is 0 Å². The SMILES string of the molecule is Cc1nc(/C=C/C(=O)NCCO)cs1. The molecule has 0 aliphatic heterocycles. The van der Waals surface area contributed by atoms with Gasteiger partial charge in [0.2, 0.25) is 5.91 Å². The number of hydrogen-bond acceptors (Lipinski definition) is 4. The van der Waals surface area contributed by atoms with Crippen LogP contribution in [0, 0.1) is 6.92 Å². The molecule has 0 radical (unpaired) electrons. The highest BCUT2D eigenvalue weighted by Gasteiger charge is 1.95. The van der Waals surface area contributed by atoms with Crippen molar-refractivity contribution in [1.29, 1.82) is 0 Å². The maximum atomic E-state index is 11.0. The Labute approximate surface area is 86.3 Å². The van der Waals surface area contributed by atoms with Gasteiger partial charge in [-0.15, -0.1) is 11.3 Å². The molecule has 1 amide bonds. The van der Waals surface area contributed by atoms with Crippen LogP contribution in [-0.4, -0.2) is 29.1 Å². The zero-order valence-electron chi connectivity index (χ0n) is 7.86. The Morgan fingerprint density at radius 2 is 2.57 bits per heavy atom. The Morgan fingerprint density at radius 3 is 3.14 bits per heavy atom. The first-order chi connectivity index (χ1) is 6.72. The van der Waals surface area contributed by atoms with E-state index in [1.54, 1.807) is 6.08 Å². The van der Waals surface area contributed by atoms with Crippen LogP contribution in [0.25, 0.3) is 6.08 Å². The molecule has 2 N–H and O–H groups in total. The molecular formula is C9H12N2O2S. The van der Waals surface area contributed by atoms with E-state index in [2.05, 4.69) is 10.3 Å². The van der Waals surface area contributed by atoms with Crippen molar-refractivity contribution in [1.82, 2.24) is 10.3 Å². The minimum absolute atomic E-state index is 0.0462. The summed E-state index contributed by atoms with van der Waals surface area (Å²) < 4.78 is 0. The number of carbonyl (C=O) groups excluding carboxylic acids is 1. The lowest BCUT2D eigenvalue weighted by Gasteiger charge is -1.95. The molecule has 4 nitrogen and oxygen atoms in total. The highest BCUT2D eigenvalue weighted by Crippen LogP contribution is 2.08. The van der Waals surface area contributed by atoms with E-state index >= 15 is 0 Å². The molecule has 0 aromatic carbocycles. The van der Waals surface area contributed by atoms with E-state index in [0.717, 1.165) is 10.7 Å². The summed E-state index contributed by atoms with van der Waals surface area (Å²) in [5.74, 6) is -0.218. The summed E-state index contributed by atoms with van der Waals surface area (Å²) in [5, 5.41) is 13.8. The third kappa shape index (κ3) is 3.68. The standard InChI is InChI=1S/C9H12N2O2S/c1-7-11-8(6-14-7)2-3-9(13)10-4-5-12/h2-3,6,12H,4-5H2,1H3,(H,10,13)/b3-2+. The molecule has 0 fully saturated rings. The summed E-state index contributed by atoms with van der Waals surface area (Å²) in [6.07, 6.45) is 3.06. The highest BCUT2D eigenvalue weighted by atomic mass is 32.1. The third-order valence-corrected chi connectivity index (χ3v) is 2.25. The zero-order chi connectivity index (χ0) is 10.4. The second kappa shape index (κ2) is 5.51. The van der Waals surface area contributed by atoms with Crippen LogP contribution < -0.4 is 5.32 Å². The Hall–Kier alpha value is -1.20. The molecule has 0 saturated heterocycles. The fourth-order valence-corrected chi connectivity index (χ4v) is 1.44. The lowest BCUT2D eigenvalue weighted by atomic mass is 10.4. The average Bonchev–Trinajstić information content (AvgIpc) is 2.58. The third-order valence-electron chi connectivity index (χ3n) is 1.45. The molecule has 14 heavy (non-hydrogen) atoms. The van der Waals surface area contributed by atoms with Gasteiger partial charge >= 0.3 is 0 Å². The van der Waals surface area contributed by atoms with Crippen LogP contribution in [0.3, 0.4) is 0 Å². The van der Waals surface area contributed by atoms with Crippen LogP contribution >= 0.6 is 11.3 Å². The predicted molar refractivity (Wildman–Crippen MR) is 56.0 cm³/mol. The fraction of sp³-hybridized carbons (Fsp3) is 0.333. The van der Waals surface area contributed by atoms with Gasteiger partial charge in [0.15, 0.2) is 0 Å². The monoisotopic (exact) mass is 212 g/mol. The molecule has 1 aromatic rings. The minimum Gasteiger partial charge on any atom is -0.395 e. The molecule has 76 valence electrons. The van der Waals surface area contributed by atoms with Crippen molar-refractivity contribution < 1.29 is 9.90 Å². The number of nitrogens with one attached hydrogen (secondary N) is 1. The predicted octanol–water partition coefficient (Wildman–Crippen LogP) is 0.573. The molecular weight excluding hydrogens is 200 g/mol. The molecule has 0 spiro atoms. The lowest BCUT2D eigenvalue weighted by molar-refractivity contribution is -0.116. The Morgan fingerprint density at radius 1 is 1.79 bits per heavy atom. The Balaban J connectivity index is 2.43. The second-order valence-electron chi connectivity index (χ2n) is 2.64. The summed E-state index contributed by atoms with van der Waals surface area (Å²) in [6, 6.07) is 0. The van der Waals surface area contributed by atoms with Crippen molar-refractivity contribution in [3.05, 3.63) is 22.2 Å². The van der Waals surface area contributed by atoms with E-state index < -0.39 is 0 Å². The van der Waals surface area contributed by atoms with Crippen molar-refractivity contribution in [3.63, 3.8) is 0 Å². The Bertz CT molecular complexity index is 333. The lowest BCUT2D eigenvalue weighted by Crippen LogP contribution is -2.24. The molecule has 0 saturated carbocycles. The number of aromatic nitrogens is 1. The topological polar surface area (TPSA) is 62.2 Å². The van der Waals surface area contributed by atoms with Crippen LogP contribution in [0.4, 0.5) is 0 Å². The van der Waals surface area contributed by atoms with Gasteiger partial charge in [-0.05, 0) is 13.0 Å². The number of aliphatic hydroxyl groups is 1. The maximum Gasteiger partial charge on any atom is 0.244 e. The maximum absolute atomic E-state index is 11.0. The van der Waals surface area contributed by atoms with Crippen LogP contribution in [0.1, 0.15) is 10.7 Å². The molecule has 1 heterocycles. The van der Waals surface area contributed by atoms with Crippen LogP contribution in [0.15, 0.2) is 11.5 Å². The first-order valence-electron chi connectivity index (χ1n) is 4.21. The molecule has 0 aliphatic rings. The van der Waals surface area contributed by atoms with Gasteiger partial charge in [-0.3, -0.25) is 4.79 Å². The van der Waals surface area contributed by atoms with Gasteiger partial charge < -0.3 is 10.4 Å². The number of rotatable bonds is 4. The first-order valence-corrected chi connectivity index (χ1v) is 5.09. The number of hydrogen-bond donors (Lipinski definition) is 2. The van der Waals surface area contributed by atoms with Gasteiger partial charge in [0, 0.05) is 18.0 Å². The van der Waals surface area contributed by atoms with E-state index in [9.17, 15) is 4.79 Å². The molecule has 0 bridgehead atoms. The highest BCUT2D eigenvalue weighted by molar-refractivity contribution is 7.09. The first kappa shape index (κ1) is 10.9. The normalized spacial score (nSPS) is 10.7. The summed E-state index contributed by atoms with van der Waals surface area (Å²) in [5.41, 5.74) is 0.784. The fourth-order valence-electron chi connectivity index (χ4n) is 0.856. The Kier molecular flexibility index (Phi) is 4.28. The van der Waals surface area contributed by atoms with E-state index in [-0.39, 0.29) is 19.1 Å².